The molecule has 1 N–H and O–H groups in total. The van der Waals surface area contributed by atoms with E-state index in [1.165, 1.54) is 9.13 Å². The standard InChI is InChI=1S/C16H19ClN2O3S/c1-3-18-14(21)12(15(22)19(4-2)16(18)23)8-10-6-5-7-11(9-20)13(10)17/h8-9,21H,3-7H2,1-2H3/b10-8+. The van der Waals surface area contributed by atoms with Crippen LogP contribution in [0.4, 0.5) is 0 Å². The summed E-state index contributed by atoms with van der Waals surface area (Å²) < 4.78 is 3.23. The van der Waals surface area contributed by atoms with Crippen LogP contribution in [0.5, 0.6) is 5.88 Å². The molecule has 0 saturated heterocycles. The van der Waals surface area contributed by atoms with Gasteiger partial charge in [0, 0.05) is 18.7 Å². The number of allylic oxidation sites excluding steroid dienone is 3. The molecule has 0 fully saturated rings. The van der Waals surface area contributed by atoms with Crippen LogP contribution in [0.15, 0.2) is 21.0 Å². The number of halogens is 1. The number of nitrogens with zero attached hydrogens (tertiary/aromatic N) is 2. The summed E-state index contributed by atoms with van der Waals surface area (Å²) in [5, 5.41) is 10.8. The molecule has 1 aromatic rings. The van der Waals surface area contributed by atoms with Gasteiger partial charge in [0.2, 0.25) is 5.88 Å². The van der Waals surface area contributed by atoms with Gasteiger partial charge >= 0.3 is 0 Å². The first kappa shape index (κ1) is 17.7. The predicted octanol–water partition coefficient (Wildman–Crippen LogP) is 3.38. The average molecular weight is 355 g/mol. The van der Waals surface area contributed by atoms with Crippen molar-refractivity contribution in [2.45, 2.75) is 46.2 Å². The molecule has 1 aliphatic carbocycles. The SMILES string of the molecule is CCn1c(O)c(/C=C2\CCCC(C=O)=C2Cl)c(=O)n(CC)c1=S. The van der Waals surface area contributed by atoms with Crippen LogP contribution in [0.3, 0.4) is 0 Å². The molecular weight excluding hydrogens is 336 g/mol. The minimum absolute atomic E-state index is 0.155. The number of hydrogen-bond acceptors (Lipinski definition) is 4. The number of rotatable bonds is 4. The molecule has 5 nitrogen and oxygen atoms in total. The molecule has 1 aliphatic rings. The van der Waals surface area contributed by atoms with Crippen molar-refractivity contribution < 1.29 is 9.90 Å². The molecule has 124 valence electrons. The molecule has 0 spiro atoms. The largest absolute Gasteiger partial charge is 0.494 e. The Hall–Kier alpha value is -1.66. The summed E-state index contributed by atoms with van der Waals surface area (Å²) in [6, 6.07) is 0. The third-order valence-electron chi connectivity index (χ3n) is 3.98. The van der Waals surface area contributed by atoms with Gasteiger partial charge in [-0.15, -0.1) is 0 Å². The van der Waals surface area contributed by atoms with E-state index in [0.717, 1.165) is 12.7 Å². The van der Waals surface area contributed by atoms with Crippen molar-refractivity contribution in [1.82, 2.24) is 9.13 Å². The maximum Gasteiger partial charge on any atom is 0.265 e. The van der Waals surface area contributed by atoms with E-state index in [2.05, 4.69) is 0 Å². The van der Waals surface area contributed by atoms with Crippen molar-refractivity contribution in [3.05, 3.63) is 36.9 Å². The molecule has 0 saturated carbocycles. The van der Waals surface area contributed by atoms with Gasteiger partial charge in [0.25, 0.3) is 5.56 Å². The highest BCUT2D eigenvalue weighted by atomic mass is 35.5. The molecule has 0 amide bonds. The van der Waals surface area contributed by atoms with E-state index in [-0.39, 0.29) is 17.0 Å². The fraction of sp³-hybridized carbons (Fsp3) is 0.438. The Balaban J connectivity index is 2.74. The van der Waals surface area contributed by atoms with Crippen LogP contribution in [-0.2, 0) is 17.9 Å². The molecule has 23 heavy (non-hydrogen) atoms. The lowest BCUT2D eigenvalue weighted by atomic mass is 9.94. The fourth-order valence-corrected chi connectivity index (χ4v) is 3.43. The Kier molecular flexibility index (Phi) is 5.59. The summed E-state index contributed by atoms with van der Waals surface area (Å²) in [5.41, 5.74) is 1.02. The van der Waals surface area contributed by atoms with Crippen molar-refractivity contribution >= 4 is 36.2 Å². The van der Waals surface area contributed by atoms with Crippen LogP contribution >= 0.6 is 23.8 Å². The molecule has 1 aromatic heterocycles. The van der Waals surface area contributed by atoms with Gasteiger partial charge < -0.3 is 5.11 Å². The monoisotopic (exact) mass is 354 g/mol. The first-order valence-corrected chi connectivity index (χ1v) is 8.36. The Labute approximate surface area is 144 Å². The Morgan fingerprint density at radius 2 is 1.91 bits per heavy atom. The van der Waals surface area contributed by atoms with Crippen LogP contribution in [0, 0.1) is 4.77 Å². The summed E-state index contributed by atoms with van der Waals surface area (Å²) in [6.07, 6.45) is 4.40. The summed E-state index contributed by atoms with van der Waals surface area (Å²) in [5.74, 6) is -0.164. The molecule has 0 unspecified atom stereocenters. The molecule has 0 atom stereocenters. The zero-order valence-electron chi connectivity index (χ0n) is 13.1. The molecule has 2 rings (SSSR count). The van der Waals surface area contributed by atoms with Crippen LogP contribution in [0.25, 0.3) is 6.08 Å². The van der Waals surface area contributed by atoms with Gasteiger partial charge in [-0.25, -0.2) is 0 Å². The second kappa shape index (κ2) is 7.27. The van der Waals surface area contributed by atoms with Crippen LogP contribution in [-0.4, -0.2) is 20.5 Å². The van der Waals surface area contributed by atoms with Gasteiger partial charge in [-0.1, -0.05) is 11.6 Å². The zero-order chi connectivity index (χ0) is 17.1. The maximum atomic E-state index is 12.6. The van der Waals surface area contributed by atoms with Crippen LogP contribution in [0.1, 0.15) is 38.7 Å². The number of hydrogen-bond donors (Lipinski definition) is 1. The molecule has 0 radical (unpaired) electrons. The summed E-state index contributed by atoms with van der Waals surface area (Å²) >= 11 is 11.5. The Morgan fingerprint density at radius 1 is 1.26 bits per heavy atom. The summed E-state index contributed by atoms with van der Waals surface area (Å²) in [6.45, 7) is 4.53. The van der Waals surface area contributed by atoms with Crippen LogP contribution in [0.2, 0.25) is 0 Å². The first-order chi connectivity index (χ1) is 11.0. The average Bonchev–Trinajstić information content (AvgIpc) is 2.54. The first-order valence-electron chi connectivity index (χ1n) is 7.57. The van der Waals surface area contributed by atoms with E-state index >= 15 is 0 Å². The van der Waals surface area contributed by atoms with E-state index in [4.69, 9.17) is 23.8 Å². The minimum atomic E-state index is -0.352. The Morgan fingerprint density at radius 3 is 2.48 bits per heavy atom. The smallest absolute Gasteiger partial charge is 0.265 e. The highest BCUT2D eigenvalue weighted by Crippen LogP contribution is 2.33. The maximum absolute atomic E-state index is 12.6. The fourth-order valence-electron chi connectivity index (χ4n) is 2.72. The molecule has 0 aliphatic heterocycles. The van der Waals surface area contributed by atoms with Crippen molar-refractivity contribution in [1.29, 1.82) is 0 Å². The van der Waals surface area contributed by atoms with Crippen molar-refractivity contribution in [2.75, 3.05) is 0 Å². The molecular formula is C16H19ClN2O3S. The Bertz CT molecular complexity index is 818. The third-order valence-corrected chi connectivity index (χ3v) is 4.91. The lowest BCUT2D eigenvalue weighted by Crippen LogP contribution is -2.26. The number of aromatic hydroxyl groups is 1. The summed E-state index contributed by atoms with van der Waals surface area (Å²) in [4.78, 5) is 23.6. The number of carbonyl (C=O) groups excluding carboxylic acids is 1. The molecule has 0 aromatic carbocycles. The van der Waals surface area contributed by atoms with Gasteiger partial charge in [0.05, 0.1) is 5.03 Å². The van der Waals surface area contributed by atoms with E-state index in [1.54, 1.807) is 6.08 Å². The highest BCUT2D eigenvalue weighted by molar-refractivity contribution is 7.71. The third kappa shape index (κ3) is 3.19. The van der Waals surface area contributed by atoms with Crippen LogP contribution < -0.4 is 5.56 Å². The van der Waals surface area contributed by atoms with Crippen molar-refractivity contribution in [3.63, 3.8) is 0 Å². The van der Waals surface area contributed by atoms with Gasteiger partial charge in [-0.3, -0.25) is 18.7 Å². The van der Waals surface area contributed by atoms with Crippen molar-refractivity contribution in [2.24, 2.45) is 0 Å². The van der Waals surface area contributed by atoms with Gasteiger partial charge in [-0.2, -0.15) is 0 Å². The number of aromatic nitrogens is 2. The molecule has 0 bridgehead atoms. The quantitative estimate of drug-likeness (QED) is 0.665. The van der Waals surface area contributed by atoms with E-state index in [0.29, 0.717) is 46.9 Å². The van der Waals surface area contributed by atoms with E-state index < -0.39 is 0 Å². The van der Waals surface area contributed by atoms with Gasteiger partial charge in [-0.05, 0) is 57.0 Å². The molecule has 1 heterocycles. The van der Waals surface area contributed by atoms with Gasteiger partial charge in [0.1, 0.15) is 11.8 Å². The summed E-state index contributed by atoms with van der Waals surface area (Å²) in [7, 11) is 0. The highest BCUT2D eigenvalue weighted by Gasteiger charge is 2.19. The van der Waals surface area contributed by atoms with E-state index in [9.17, 15) is 14.7 Å². The lowest BCUT2D eigenvalue weighted by molar-refractivity contribution is -0.105. The second-order valence-electron chi connectivity index (χ2n) is 5.29. The van der Waals surface area contributed by atoms with Crippen molar-refractivity contribution in [3.8, 4) is 5.88 Å². The van der Waals surface area contributed by atoms with E-state index in [1.807, 2.05) is 13.8 Å². The van der Waals surface area contributed by atoms with Gasteiger partial charge in [0.15, 0.2) is 4.77 Å². The molecule has 7 heteroatoms. The number of aldehydes is 1. The normalized spacial score (nSPS) is 16.9. The zero-order valence-corrected chi connectivity index (χ0v) is 14.7. The topological polar surface area (TPSA) is 64.2 Å². The predicted molar refractivity (Wildman–Crippen MR) is 93.3 cm³/mol. The lowest BCUT2D eigenvalue weighted by Gasteiger charge is -2.17. The minimum Gasteiger partial charge on any atom is -0.494 e. The second-order valence-corrected chi connectivity index (χ2v) is 6.04. The number of carbonyl (C=O) groups is 1.